The molecule has 0 aliphatic carbocycles. The summed E-state index contributed by atoms with van der Waals surface area (Å²) < 4.78 is 0. The van der Waals surface area contributed by atoms with Crippen molar-refractivity contribution in [1.29, 1.82) is 0 Å². The summed E-state index contributed by atoms with van der Waals surface area (Å²) in [5, 5.41) is 11.4. The number of aliphatic carboxylic acids is 1. The van der Waals surface area contributed by atoms with Crippen molar-refractivity contribution in [2.24, 2.45) is 0 Å². The van der Waals surface area contributed by atoms with Crippen LogP contribution in [0.15, 0.2) is 24.3 Å². The van der Waals surface area contributed by atoms with E-state index in [4.69, 9.17) is 5.11 Å². The lowest BCUT2D eigenvalue weighted by atomic mass is 10.2. The van der Waals surface area contributed by atoms with Gasteiger partial charge >= 0.3 is 12.0 Å². The number of nitrogens with one attached hydrogen (secondary N) is 1. The van der Waals surface area contributed by atoms with Crippen molar-refractivity contribution < 1.29 is 14.7 Å². The molecule has 0 atom stereocenters. The lowest BCUT2D eigenvalue weighted by molar-refractivity contribution is -0.135. The summed E-state index contributed by atoms with van der Waals surface area (Å²) in [6.07, 6.45) is 0. The Hall–Kier alpha value is -2.04. The van der Waals surface area contributed by atoms with Crippen molar-refractivity contribution in [3.63, 3.8) is 0 Å². The summed E-state index contributed by atoms with van der Waals surface area (Å²) in [5.41, 5.74) is 1.63. The summed E-state index contributed by atoms with van der Waals surface area (Å²) in [6, 6.07) is 6.73. The highest BCUT2D eigenvalue weighted by Crippen LogP contribution is 2.14. The molecular formula is C12H16N2O3. The normalized spacial score (nSPS) is 9.76. The molecule has 92 valence electrons. The van der Waals surface area contributed by atoms with E-state index in [-0.39, 0.29) is 6.54 Å². The van der Waals surface area contributed by atoms with E-state index in [1.165, 1.54) is 4.90 Å². The summed E-state index contributed by atoms with van der Waals surface area (Å²) in [4.78, 5) is 23.7. The zero-order valence-electron chi connectivity index (χ0n) is 9.93. The lowest BCUT2D eigenvalue weighted by Gasteiger charge is -2.21. The maximum absolute atomic E-state index is 11.7. The third kappa shape index (κ3) is 3.79. The second-order valence-electron chi connectivity index (χ2n) is 3.65. The van der Waals surface area contributed by atoms with Crippen LogP contribution in [0.1, 0.15) is 12.5 Å². The Kier molecular flexibility index (Phi) is 4.51. The molecule has 1 rings (SSSR count). The van der Waals surface area contributed by atoms with Gasteiger partial charge in [0, 0.05) is 12.2 Å². The number of carboxylic acid groups (broad SMARTS) is 1. The minimum atomic E-state index is -1.04. The molecule has 0 aromatic heterocycles. The molecule has 1 aromatic rings. The van der Waals surface area contributed by atoms with Crippen molar-refractivity contribution in [2.75, 3.05) is 18.0 Å². The van der Waals surface area contributed by atoms with E-state index in [9.17, 15) is 9.59 Å². The van der Waals surface area contributed by atoms with E-state index in [0.29, 0.717) is 12.2 Å². The monoisotopic (exact) mass is 236 g/mol. The van der Waals surface area contributed by atoms with Gasteiger partial charge < -0.3 is 10.4 Å². The van der Waals surface area contributed by atoms with Gasteiger partial charge in [0.1, 0.15) is 6.54 Å². The number of anilines is 1. The van der Waals surface area contributed by atoms with Crippen LogP contribution < -0.4 is 10.2 Å². The second kappa shape index (κ2) is 5.89. The first-order chi connectivity index (χ1) is 8.04. The number of hydrogen-bond acceptors (Lipinski definition) is 2. The quantitative estimate of drug-likeness (QED) is 0.834. The zero-order valence-corrected chi connectivity index (χ0v) is 9.93. The molecule has 0 saturated heterocycles. The summed E-state index contributed by atoms with van der Waals surface area (Å²) in [5.74, 6) is -1.04. The van der Waals surface area contributed by atoms with E-state index in [2.05, 4.69) is 5.32 Å². The predicted octanol–water partition coefficient (Wildman–Crippen LogP) is 1.62. The molecule has 1 aromatic carbocycles. The van der Waals surface area contributed by atoms with Crippen molar-refractivity contribution in [1.82, 2.24) is 5.32 Å². The second-order valence-corrected chi connectivity index (χ2v) is 3.65. The number of aryl methyl sites for hydroxylation is 1. The zero-order chi connectivity index (χ0) is 12.8. The Morgan fingerprint density at radius 1 is 1.29 bits per heavy atom. The van der Waals surface area contributed by atoms with Crippen molar-refractivity contribution in [3.05, 3.63) is 29.8 Å². The molecule has 17 heavy (non-hydrogen) atoms. The van der Waals surface area contributed by atoms with Crippen molar-refractivity contribution >= 4 is 17.7 Å². The highest BCUT2D eigenvalue weighted by Gasteiger charge is 2.17. The number of carbonyl (C=O) groups excluding carboxylic acids is 1. The van der Waals surface area contributed by atoms with Gasteiger partial charge in [-0.25, -0.2) is 4.79 Å². The van der Waals surface area contributed by atoms with Gasteiger partial charge in [-0.15, -0.1) is 0 Å². The molecule has 0 radical (unpaired) electrons. The van der Waals surface area contributed by atoms with Crippen LogP contribution in [-0.2, 0) is 4.79 Å². The number of hydrogen-bond donors (Lipinski definition) is 2. The summed E-state index contributed by atoms with van der Waals surface area (Å²) >= 11 is 0. The van der Waals surface area contributed by atoms with Gasteiger partial charge in [-0.1, -0.05) is 17.7 Å². The third-order valence-electron chi connectivity index (χ3n) is 2.21. The molecule has 0 aliphatic rings. The fourth-order valence-corrected chi connectivity index (χ4v) is 1.39. The summed E-state index contributed by atoms with van der Waals surface area (Å²) in [7, 11) is 0. The van der Waals surface area contributed by atoms with Crippen LogP contribution in [0.25, 0.3) is 0 Å². The standard InChI is InChI=1S/C12H16N2O3/c1-3-13-12(17)14(8-11(15)16)10-6-4-9(2)5-7-10/h4-7H,3,8H2,1-2H3,(H,13,17)(H,15,16). The number of urea groups is 1. The van der Waals surface area contributed by atoms with Gasteiger partial charge in [0.05, 0.1) is 0 Å². The molecule has 2 amide bonds. The molecular weight excluding hydrogens is 220 g/mol. The Bertz CT molecular complexity index is 401. The number of carboxylic acids is 1. The number of benzene rings is 1. The van der Waals surface area contributed by atoms with E-state index < -0.39 is 12.0 Å². The molecule has 0 unspecified atom stereocenters. The molecule has 2 N–H and O–H groups in total. The fourth-order valence-electron chi connectivity index (χ4n) is 1.39. The molecule has 0 spiro atoms. The van der Waals surface area contributed by atoms with Gasteiger partial charge in [0.15, 0.2) is 0 Å². The van der Waals surface area contributed by atoms with Gasteiger partial charge in [0.2, 0.25) is 0 Å². The molecule has 0 heterocycles. The van der Waals surface area contributed by atoms with Crippen LogP contribution in [0.4, 0.5) is 10.5 Å². The minimum absolute atomic E-state index is 0.352. The smallest absolute Gasteiger partial charge is 0.323 e. The van der Waals surface area contributed by atoms with E-state index >= 15 is 0 Å². The number of carbonyl (C=O) groups is 2. The Labute approximate surface area is 100 Å². The molecule has 5 nitrogen and oxygen atoms in total. The average Bonchev–Trinajstić information content (AvgIpc) is 2.27. The average molecular weight is 236 g/mol. The number of amides is 2. The maximum atomic E-state index is 11.7. The van der Waals surface area contributed by atoms with Crippen LogP contribution >= 0.6 is 0 Å². The Morgan fingerprint density at radius 2 is 1.88 bits per heavy atom. The van der Waals surface area contributed by atoms with E-state index in [1.807, 2.05) is 19.1 Å². The third-order valence-corrected chi connectivity index (χ3v) is 2.21. The largest absolute Gasteiger partial charge is 0.480 e. The minimum Gasteiger partial charge on any atom is -0.480 e. The first kappa shape index (κ1) is 13.0. The molecule has 0 bridgehead atoms. The topological polar surface area (TPSA) is 69.6 Å². The maximum Gasteiger partial charge on any atom is 0.323 e. The van der Waals surface area contributed by atoms with Crippen LogP contribution in [0.3, 0.4) is 0 Å². The summed E-state index contributed by atoms with van der Waals surface area (Å²) in [6.45, 7) is 3.82. The first-order valence-corrected chi connectivity index (χ1v) is 5.38. The Balaban J connectivity index is 2.92. The van der Waals surface area contributed by atoms with Crippen LogP contribution in [0.2, 0.25) is 0 Å². The molecule has 0 saturated carbocycles. The van der Waals surface area contributed by atoms with Crippen molar-refractivity contribution in [2.45, 2.75) is 13.8 Å². The Morgan fingerprint density at radius 3 is 2.35 bits per heavy atom. The van der Waals surface area contributed by atoms with E-state index in [1.54, 1.807) is 19.1 Å². The van der Waals surface area contributed by atoms with Crippen LogP contribution in [-0.4, -0.2) is 30.2 Å². The molecule has 5 heteroatoms. The van der Waals surface area contributed by atoms with Gasteiger partial charge in [-0.05, 0) is 26.0 Å². The SMILES string of the molecule is CCNC(=O)N(CC(=O)O)c1ccc(C)cc1. The predicted molar refractivity (Wildman–Crippen MR) is 65.2 cm³/mol. The van der Waals surface area contributed by atoms with Gasteiger partial charge in [-0.2, -0.15) is 0 Å². The number of rotatable bonds is 4. The number of nitrogens with zero attached hydrogens (tertiary/aromatic N) is 1. The fraction of sp³-hybridized carbons (Fsp3) is 0.333. The first-order valence-electron chi connectivity index (χ1n) is 5.38. The highest BCUT2D eigenvalue weighted by atomic mass is 16.4. The molecule has 0 fully saturated rings. The van der Waals surface area contributed by atoms with Gasteiger partial charge in [0.25, 0.3) is 0 Å². The lowest BCUT2D eigenvalue weighted by Crippen LogP contribution is -2.42. The molecule has 0 aliphatic heterocycles. The van der Waals surface area contributed by atoms with Crippen LogP contribution in [0.5, 0.6) is 0 Å². The van der Waals surface area contributed by atoms with E-state index in [0.717, 1.165) is 5.56 Å². The van der Waals surface area contributed by atoms with Crippen molar-refractivity contribution in [3.8, 4) is 0 Å². The van der Waals surface area contributed by atoms with Gasteiger partial charge in [-0.3, -0.25) is 9.69 Å². The van der Waals surface area contributed by atoms with Crippen LogP contribution in [0, 0.1) is 6.92 Å². The highest BCUT2D eigenvalue weighted by molar-refractivity contribution is 5.96.